The number of rotatable bonds is 9. The van der Waals surface area contributed by atoms with E-state index in [1.165, 1.54) is 12.4 Å². The van der Waals surface area contributed by atoms with Crippen LogP contribution in [0, 0.1) is 0 Å². The van der Waals surface area contributed by atoms with E-state index >= 15 is 0 Å². The molecule has 134 valence electrons. The molecule has 0 fully saturated rings. The van der Waals surface area contributed by atoms with Crippen LogP contribution in [0.15, 0.2) is 64.9 Å². The van der Waals surface area contributed by atoms with Crippen LogP contribution in [0.3, 0.4) is 0 Å². The van der Waals surface area contributed by atoms with Gasteiger partial charge in [-0.2, -0.15) is 5.10 Å². The Bertz CT molecular complexity index is 773. The van der Waals surface area contributed by atoms with Crippen LogP contribution < -0.4 is 10.2 Å². The predicted molar refractivity (Wildman–Crippen MR) is 95.3 cm³/mol. The van der Waals surface area contributed by atoms with E-state index in [0.29, 0.717) is 11.3 Å². The van der Waals surface area contributed by atoms with E-state index in [9.17, 15) is 9.59 Å². The van der Waals surface area contributed by atoms with Gasteiger partial charge in [0.15, 0.2) is 13.2 Å². The van der Waals surface area contributed by atoms with Crippen molar-refractivity contribution in [3.63, 3.8) is 0 Å². The lowest BCUT2D eigenvalue weighted by Gasteiger charge is -2.02. The third-order valence-corrected chi connectivity index (χ3v) is 2.92. The zero-order chi connectivity index (χ0) is 18.6. The lowest BCUT2D eigenvalue weighted by Crippen LogP contribution is -2.22. The minimum atomic E-state index is -1.05. The molecular weight excluding hydrogens is 338 g/mol. The second-order valence-electron chi connectivity index (χ2n) is 4.96. The Morgan fingerprint density at radius 1 is 0.962 bits per heavy atom. The summed E-state index contributed by atoms with van der Waals surface area (Å²) in [5.74, 6) is -1.07. The number of carbonyl (C=O) groups excluding carboxylic acids is 1. The third-order valence-electron chi connectivity index (χ3n) is 2.92. The van der Waals surface area contributed by atoms with Gasteiger partial charge < -0.3 is 14.7 Å². The van der Waals surface area contributed by atoms with Crippen molar-refractivity contribution < 1.29 is 24.3 Å². The summed E-state index contributed by atoms with van der Waals surface area (Å²) in [6, 6.07) is 15.9. The third kappa shape index (κ3) is 7.26. The van der Waals surface area contributed by atoms with E-state index in [-0.39, 0.29) is 6.61 Å². The van der Waals surface area contributed by atoms with Gasteiger partial charge in [-0.15, -0.1) is 0 Å². The average Bonchev–Trinajstić information content (AvgIpc) is 2.65. The minimum absolute atomic E-state index is 0.261. The molecule has 0 aliphatic carbocycles. The first-order valence-corrected chi connectivity index (χ1v) is 7.60. The van der Waals surface area contributed by atoms with E-state index in [1.54, 1.807) is 24.3 Å². The lowest BCUT2D eigenvalue weighted by molar-refractivity contribution is -0.139. The van der Waals surface area contributed by atoms with Crippen LogP contribution in [0.25, 0.3) is 0 Å². The summed E-state index contributed by atoms with van der Waals surface area (Å²) in [6.45, 7) is -0.668. The average molecular weight is 355 g/mol. The summed E-state index contributed by atoms with van der Waals surface area (Å²) in [5, 5.41) is 16.0. The van der Waals surface area contributed by atoms with Crippen LogP contribution in [0.2, 0.25) is 0 Å². The molecule has 0 spiro atoms. The first-order chi connectivity index (χ1) is 12.6. The molecule has 0 bridgehead atoms. The van der Waals surface area contributed by atoms with Crippen LogP contribution in [0.5, 0.6) is 5.75 Å². The van der Waals surface area contributed by atoms with Crippen LogP contribution in [0.4, 0.5) is 0 Å². The zero-order valence-corrected chi connectivity index (χ0v) is 13.7. The smallest absolute Gasteiger partial charge is 0.341 e. The molecule has 2 aromatic carbocycles. The maximum Gasteiger partial charge on any atom is 0.341 e. The molecule has 2 N–H and O–H groups in total. The monoisotopic (exact) mass is 355 g/mol. The van der Waals surface area contributed by atoms with Gasteiger partial charge in [-0.1, -0.05) is 35.5 Å². The van der Waals surface area contributed by atoms with Gasteiger partial charge >= 0.3 is 5.97 Å². The highest BCUT2D eigenvalue weighted by Gasteiger charge is 2.00. The first-order valence-electron chi connectivity index (χ1n) is 7.60. The van der Waals surface area contributed by atoms with Crippen molar-refractivity contribution >= 4 is 24.3 Å². The number of carbonyl (C=O) groups is 2. The van der Waals surface area contributed by atoms with Gasteiger partial charge in [0.2, 0.25) is 0 Å². The Balaban J connectivity index is 1.69. The topological polar surface area (TPSA) is 110 Å². The Morgan fingerprint density at radius 2 is 1.65 bits per heavy atom. The molecule has 2 aromatic rings. The molecule has 26 heavy (non-hydrogen) atoms. The highest BCUT2D eigenvalue weighted by atomic mass is 16.6. The Hall–Kier alpha value is -3.68. The standard InChI is InChI=1S/C18H17N3O5/c22-17(12-26-20-11-14-4-2-1-3-5-14)21-19-10-15-6-8-16(9-7-15)25-13-18(23)24/h1-11H,12-13H2,(H,21,22)(H,23,24)/b19-10+,20-11-. The molecule has 0 aliphatic heterocycles. The number of oxime groups is 1. The summed E-state index contributed by atoms with van der Waals surface area (Å²) in [7, 11) is 0. The van der Waals surface area contributed by atoms with E-state index in [4.69, 9.17) is 14.7 Å². The maximum atomic E-state index is 11.5. The van der Waals surface area contributed by atoms with Crippen molar-refractivity contribution in [3.8, 4) is 5.75 Å². The highest BCUT2D eigenvalue weighted by Crippen LogP contribution is 2.10. The van der Waals surface area contributed by atoms with Crippen LogP contribution in [-0.4, -0.2) is 42.6 Å². The van der Waals surface area contributed by atoms with E-state index < -0.39 is 18.5 Å². The van der Waals surface area contributed by atoms with Gasteiger partial charge in [0.25, 0.3) is 5.91 Å². The molecule has 2 rings (SSSR count). The number of aliphatic carboxylic acids is 1. The molecule has 8 nitrogen and oxygen atoms in total. The molecule has 0 saturated heterocycles. The number of nitrogens with zero attached hydrogens (tertiary/aromatic N) is 2. The molecular formula is C18H17N3O5. The summed E-state index contributed by atoms with van der Waals surface area (Å²) in [5.41, 5.74) is 3.87. The lowest BCUT2D eigenvalue weighted by atomic mass is 10.2. The second kappa shape index (κ2) is 10.2. The fourth-order valence-corrected chi connectivity index (χ4v) is 1.74. The van der Waals surface area contributed by atoms with Gasteiger partial charge in [0, 0.05) is 0 Å². The Labute approximate surface area is 149 Å². The van der Waals surface area contributed by atoms with Crippen LogP contribution in [-0.2, 0) is 14.4 Å². The molecule has 0 atom stereocenters. The number of ether oxygens (including phenoxy) is 1. The number of carboxylic acids is 1. The number of hydrazone groups is 1. The van der Waals surface area contributed by atoms with Crippen molar-refractivity contribution in [2.45, 2.75) is 0 Å². The zero-order valence-electron chi connectivity index (χ0n) is 13.7. The molecule has 0 aliphatic rings. The van der Waals surface area contributed by atoms with Crippen molar-refractivity contribution in [1.29, 1.82) is 0 Å². The molecule has 0 heterocycles. The Morgan fingerprint density at radius 3 is 2.35 bits per heavy atom. The van der Waals surface area contributed by atoms with Crippen molar-refractivity contribution in [2.75, 3.05) is 13.2 Å². The fourth-order valence-electron chi connectivity index (χ4n) is 1.74. The van der Waals surface area contributed by atoms with Gasteiger partial charge in [0.05, 0.1) is 12.4 Å². The molecule has 0 radical (unpaired) electrons. The van der Waals surface area contributed by atoms with Gasteiger partial charge in [-0.05, 0) is 35.4 Å². The molecule has 8 heteroatoms. The summed E-state index contributed by atoms with van der Waals surface area (Å²) < 4.78 is 5.01. The quantitative estimate of drug-likeness (QED) is 0.525. The molecule has 0 unspecified atom stereocenters. The van der Waals surface area contributed by atoms with E-state index in [1.807, 2.05) is 30.3 Å². The number of carboxylic acid groups (broad SMARTS) is 1. The predicted octanol–water partition coefficient (Wildman–Crippen LogP) is 1.65. The van der Waals surface area contributed by atoms with Crippen molar-refractivity contribution in [3.05, 3.63) is 65.7 Å². The number of hydrogen-bond donors (Lipinski definition) is 2. The number of nitrogens with one attached hydrogen (secondary N) is 1. The fraction of sp³-hybridized carbons (Fsp3) is 0.111. The summed E-state index contributed by atoms with van der Waals surface area (Å²) in [6.07, 6.45) is 2.94. The van der Waals surface area contributed by atoms with Crippen LogP contribution >= 0.6 is 0 Å². The van der Waals surface area contributed by atoms with E-state index in [0.717, 1.165) is 5.56 Å². The van der Waals surface area contributed by atoms with E-state index in [2.05, 4.69) is 15.7 Å². The highest BCUT2D eigenvalue weighted by molar-refractivity contribution is 5.83. The second-order valence-corrected chi connectivity index (χ2v) is 4.96. The first kappa shape index (κ1) is 18.7. The Kier molecular flexibility index (Phi) is 7.35. The van der Waals surface area contributed by atoms with Gasteiger partial charge in [-0.3, -0.25) is 4.79 Å². The number of benzene rings is 2. The summed E-state index contributed by atoms with van der Waals surface area (Å²) >= 11 is 0. The number of amides is 1. The molecule has 0 aromatic heterocycles. The van der Waals surface area contributed by atoms with Crippen molar-refractivity contribution in [2.24, 2.45) is 10.3 Å². The minimum Gasteiger partial charge on any atom is -0.482 e. The van der Waals surface area contributed by atoms with Gasteiger partial charge in [0.1, 0.15) is 5.75 Å². The number of hydrogen-bond acceptors (Lipinski definition) is 6. The molecule has 1 amide bonds. The normalized spacial score (nSPS) is 10.8. The largest absolute Gasteiger partial charge is 0.482 e. The summed E-state index contributed by atoms with van der Waals surface area (Å²) in [4.78, 5) is 26.8. The SMILES string of the molecule is O=C(O)COc1ccc(/C=N/NC(=O)CO/N=C\c2ccccc2)cc1. The molecule has 0 saturated carbocycles. The van der Waals surface area contributed by atoms with Crippen molar-refractivity contribution in [1.82, 2.24) is 5.43 Å². The van der Waals surface area contributed by atoms with Crippen LogP contribution in [0.1, 0.15) is 11.1 Å². The van der Waals surface area contributed by atoms with Gasteiger partial charge in [-0.25, -0.2) is 10.2 Å². The maximum absolute atomic E-state index is 11.5.